The summed E-state index contributed by atoms with van der Waals surface area (Å²) < 4.78 is 6.83. The molecule has 4 rings (SSSR count). The first-order chi connectivity index (χ1) is 11.7. The zero-order chi connectivity index (χ0) is 16.5. The molecule has 0 spiro atoms. The highest BCUT2D eigenvalue weighted by molar-refractivity contribution is 5.91. The molecule has 0 unspecified atom stereocenters. The molecule has 3 aromatic rings. The molecule has 0 atom stereocenters. The lowest BCUT2D eigenvalue weighted by Gasteiger charge is -2.32. The monoisotopic (exact) mass is 324 g/mol. The van der Waals surface area contributed by atoms with Gasteiger partial charge < -0.3 is 9.32 Å². The van der Waals surface area contributed by atoms with Crippen molar-refractivity contribution < 1.29 is 9.21 Å². The third kappa shape index (κ3) is 2.47. The number of carbonyl (C=O) groups excluding carboxylic acids is 1. The Morgan fingerprint density at radius 2 is 2.00 bits per heavy atom. The fourth-order valence-corrected chi connectivity index (χ4v) is 3.14. The Labute approximate surface area is 137 Å². The van der Waals surface area contributed by atoms with Gasteiger partial charge in [0.1, 0.15) is 6.33 Å². The highest BCUT2D eigenvalue weighted by Crippen LogP contribution is 2.22. The van der Waals surface area contributed by atoms with Gasteiger partial charge in [-0.3, -0.25) is 14.2 Å². The van der Waals surface area contributed by atoms with E-state index in [4.69, 9.17) is 4.42 Å². The van der Waals surface area contributed by atoms with E-state index in [1.54, 1.807) is 46.3 Å². The van der Waals surface area contributed by atoms with Crippen molar-refractivity contribution >= 4 is 16.9 Å². The van der Waals surface area contributed by atoms with Crippen LogP contribution in [0.4, 0.5) is 0 Å². The minimum Gasteiger partial charge on any atom is -0.459 e. The van der Waals surface area contributed by atoms with E-state index in [9.17, 15) is 9.59 Å². The number of piperidine rings is 1. The SMILES string of the molecule is O=C(c1ccco1)N1CCC(n2cnc3ncccc3c2=O)CC1. The first kappa shape index (κ1) is 14.6. The Hall–Kier alpha value is -2.96. The maximum Gasteiger partial charge on any atom is 0.289 e. The molecule has 0 bridgehead atoms. The summed E-state index contributed by atoms with van der Waals surface area (Å²) in [6, 6.07) is 6.88. The van der Waals surface area contributed by atoms with Gasteiger partial charge in [0.2, 0.25) is 0 Å². The second kappa shape index (κ2) is 5.92. The topological polar surface area (TPSA) is 81.2 Å². The molecule has 1 saturated heterocycles. The highest BCUT2D eigenvalue weighted by atomic mass is 16.3. The largest absolute Gasteiger partial charge is 0.459 e. The van der Waals surface area contributed by atoms with Gasteiger partial charge >= 0.3 is 0 Å². The van der Waals surface area contributed by atoms with E-state index in [0.717, 1.165) is 0 Å². The van der Waals surface area contributed by atoms with E-state index in [2.05, 4.69) is 9.97 Å². The van der Waals surface area contributed by atoms with Gasteiger partial charge in [0.05, 0.1) is 11.6 Å². The number of hydrogen-bond acceptors (Lipinski definition) is 5. The van der Waals surface area contributed by atoms with Crippen molar-refractivity contribution in [3.63, 3.8) is 0 Å². The lowest BCUT2D eigenvalue weighted by atomic mass is 10.0. The molecule has 122 valence electrons. The van der Waals surface area contributed by atoms with Crippen LogP contribution >= 0.6 is 0 Å². The van der Waals surface area contributed by atoms with Crippen LogP contribution in [0.25, 0.3) is 11.0 Å². The molecule has 0 N–H and O–H groups in total. The van der Waals surface area contributed by atoms with Crippen molar-refractivity contribution in [2.75, 3.05) is 13.1 Å². The summed E-state index contributed by atoms with van der Waals surface area (Å²) in [7, 11) is 0. The first-order valence-electron chi connectivity index (χ1n) is 7.88. The fourth-order valence-electron chi connectivity index (χ4n) is 3.14. The molecular weight excluding hydrogens is 308 g/mol. The summed E-state index contributed by atoms with van der Waals surface area (Å²) in [6.07, 6.45) is 6.10. The zero-order valence-corrected chi connectivity index (χ0v) is 13.0. The molecule has 7 nitrogen and oxygen atoms in total. The third-order valence-corrected chi connectivity index (χ3v) is 4.43. The Kier molecular flexibility index (Phi) is 3.60. The summed E-state index contributed by atoms with van der Waals surface area (Å²) in [4.78, 5) is 35.0. The standard InChI is InChI=1S/C17H16N4O3/c22-16-13-3-1-7-18-15(13)19-11-21(16)12-5-8-20(9-6-12)17(23)14-4-2-10-24-14/h1-4,7,10-12H,5-6,8-9H2. The number of aromatic nitrogens is 3. The van der Waals surface area contributed by atoms with Crippen molar-refractivity contribution in [2.45, 2.75) is 18.9 Å². The Morgan fingerprint density at radius 1 is 1.17 bits per heavy atom. The van der Waals surface area contributed by atoms with Crippen LogP contribution in [0.1, 0.15) is 29.4 Å². The number of fused-ring (bicyclic) bond motifs is 1. The second-order valence-corrected chi connectivity index (χ2v) is 5.83. The Balaban J connectivity index is 1.53. The summed E-state index contributed by atoms with van der Waals surface area (Å²) in [5.41, 5.74) is 0.382. The van der Waals surface area contributed by atoms with Crippen LogP contribution in [-0.4, -0.2) is 38.4 Å². The summed E-state index contributed by atoms with van der Waals surface area (Å²) in [5, 5.41) is 0.522. The lowest BCUT2D eigenvalue weighted by Crippen LogP contribution is -2.40. The van der Waals surface area contributed by atoms with Gasteiger partial charge in [-0.15, -0.1) is 0 Å². The Bertz CT molecular complexity index is 924. The van der Waals surface area contributed by atoms with Crippen LogP contribution in [-0.2, 0) is 0 Å². The predicted molar refractivity (Wildman–Crippen MR) is 86.7 cm³/mol. The van der Waals surface area contributed by atoms with Crippen molar-refractivity contribution in [2.24, 2.45) is 0 Å². The molecule has 1 aliphatic heterocycles. The molecule has 0 saturated carbocycles. The van der Waals surface area contributed by atoms with Crippen LogP contribution in [0.3, 0.4) is 0 Å². The van der Waals surface area contributed by atoms with E-state index >= 15 is 0 Å². The van der Waals surface area contributed by atoms with Gasteiger partial charge in [-0.05, 0) is 37.1 Å². The fraction of sp³-hybridized carbons (Fsp3) is 0.294. The summed E-state index contributed by atoms with van der Waals surface area (Å²) >= 11 is 0. The number of carbonyl (C=O) groups is 1. The molecule has 24 heavy (non-hydrogen) atoms. The minimum absolute atomic E-state index is 0.0373. The van der Waals surface area contributed by atoms with Gasteiger partial charge in [-0.25, -0.2) is 9.97 Å². The second-order valence-electron chi connectivity index (χ2n) is 5.83. The van der Waals surface area contributed by atoms with E-state index in [1.165, 1.54) is 6.26 Å². The van der Waals surface area contributed by atoms with Gasteiger partial charge in [0.15, 0.2) is 11.4 Å². The number of nitrogens with zero attached hydrogens (tertiary/aromatic N) is 4. The molecule has 1 amide bonds. The summed E-state index contributed by atoms with van der Waals surface area (Å²) in [6.45, 7) is 1.17. The normalized spacial score (nSPS) is 15.8. The average molecular weight is 324 g/mol. The van der Waals surface area contributed by atoms with E-state index in [0.29, 0.717) is 42.7 Å². The van der Waals surface area contributed by atoms with Crippen molar-refractivity contribution in [1.82, 2.24) is 19.4 Å². The van der Waals surface area contributed by atoms with Crippen molar-refractivity contribution in [1.29, 1.82) is 0 Å². The molecule has 0 aliphatic carbocycles. The van der Waals surface area contributed by atoms with Crippen LogP contribution in [0.15, 0.2) is 52.3 Å². The molecule has 7 heteroatoms. The van der Waals surface area contributed by atoms with E-state index < -0.39 is 0 Å². The van der Waals surface area contributed by atoms with Crippen LogP contribution < -0.4 is 5.56 Å². The molecule has 0 radical (unpaired) electrons. The molecular formula is C17H16N4O3. The first-order valence-corrected chi connectivity index (χ1v) is 7.88. The number of furan rings is 1. The van der Waals surface area contributed by atoms with Crippen LogP contribution in [0, 0.1) is 0 Å². The van der Waals surface area contributed by atoms with Gasteiger partial charge in [-0.1, -0.05) is 0 Å². The molecule has 1 aliphatic rings. The quantitative estimate of drug-likeness (QED) is 0.719. The van der Waals surface area contributed by atoms with Gasteiger partial charge in [0.25, 0.3) is 11.5 Å². The zero-order valence-electron chi connectivity index (χ0n) is 13.0. The van der Waals surface area contributed by atoms with Crippen LogP contribution in [0.2, 0.25) is 0 Å². The number of amides is 1. The number of rotatable bonds is 2. The third-order valence-electron chi connectivity index (χ3n) is 4.43. The Morgan fingerprint density at radius 3 is 2.75 bits per heavy atom. The molecule has 3 aromatic heterocycles. The minimum atomic E-state index is -0.105. The van der Waals surface area contributed by atoms with Crippen LogP contribution in [0.5, 0.6) is 0 Å². The maximum absolute atomic E-state index is 12.6. The molecule has 4 heterocycles. The van der Waals surface area contributed by atoms with E-state index in [-0.39, 0.29) is 17.5 Å². The average Bonchev–Trinajstić information content (AvgIpc) is 3.17. The van der Waals surface area contributed by atoms with E-state index in [1.807, 2.05) is 0 Å². The molecule has 0 aromatic carbocycles. The summed E-state index contributed by atoms with van der Waals surface area (Å²) in [5.74, 6) is 0.246. The lowest BCUT2D eigenvalue weighted by molar-refractivity contribution is 0.0661. The maximum atomic E-state index is 12.6. The molecule has 1 fully saturated rings. The number of hydrogen-bond donors (Lipinski definition) is 0. The highest BCUT2D eigenvalue weighted by Gasteiger charge is 2.26. The van der Waals surface area contributed by atoms with Gasteiger partial charge in [0, 0.05) is 25.3 Å². The predicted octanol–water partition coefficient (Wildman–Crippen LogP) is 1.86. The van der Waals surface area contributed by atoms with Crippen molar-refractivity contribution in [3.8, 4) is 0 Å². The number of likely N-dealkylation sites (tertiary alicyclic amines) is 1. The smallest absolute Gasteiger partial charge is 0.289 e. The van der Waals surface area contributed by atoms with Gasteiger partial charge in [-0.2, -0.15) is 0 Å². The number of pyridine rings is 1. The van der Waals surface area contributed by atoms with Crippen molar-refractivity contribution in [3.05, 3.63) is 59.2 Å².